The van der Waals surface area contributed by atoms with Crippen LogP contribution in [0.3, 0.4) is 0 Å². The van der Waals surface area contributed by atoms with Crippen molar-refractivity contribution in [2.24, 2.45) is 0 Å². The number of ether oxygens (including phenoxy) is 1. The minimum atomic E-state index is 0.346. The summed E-state index contributed by atoms with van der Waals surface area (Å²) in [7, 11) is 1.70. The summed E-state index contributed by atoms with van der Waals surface area (Å²) < 4.78 is 5.31. The highest BCUT2D eigenvalue weighted by Gasteiger charge is 2.11. The molecule has 2 nitrogen and oxygen atoms in total. The summed E-state index contributed by atoms with van der Waals surface area (Å²) in [6.45, 7) is 2.27. The van der Waals surface area contributed by atoms with Crippen molar-refractivity contribution in [3.05, 3.63) is 29.8 Å². The maximum absolute atomic E-state index is 9.10. The van der Waals surface area contributed by atoms with Gasteiger partial charge in [0.15, 0.2) is 0 Å². The van der Waals surface area contributed by atoms with Gasteiger partial charge in [0.25, 0.3) is 0 Å². The molecule has 0 heterocycles. The second kappa shape index (κ2) is 13.9. The molecule has 1 atom stereocenters. The average Bonchev–Trinajstić information content (AvgIpc) is 2.62. The highest BCUT2D eigenvalue weighted by Crippen LogP contribution is 2.28. The van der Waals surface area contributed by atoms with E-state index in [0.29, 0.717) is 12.3 Å². The van der Waals surface area contributed by atoms with Gasteiger partial charge in [-0.1, -0.05) is 83.3 Å². The maximum atomic E-state index is 9.10. The van der Waals surface area contributed by atoms with Gasteiger partial charge in [0, 0.05) is 6.42 Å². The molecule has 1 aromatic rings. The lowest BCUT2D eigenvalue weighted by Gasteiger charge is -2.15. The first-order valence-corrected chi connectivity index (χ1v) is 9.82. The molecule has 0 N–H and O–H groups in total. The molecule has 0 saturated heterocycles. The molecule has 0 aliphatic heterocycles. The molecular formula is C22H35NO. The Hall–Kier alpha value is -1.49. The number of benzene rings is 1. The van der Waals surface area contributed by atoms with Crippen LogP contribution in [-0.4, -0.2) is 7.11 Å². The third-order valence-corrected chi connectivity index (χ3v) is 4.81. The SMILES string of the molecule is CCCCCCCCCCCCC(CC#N)c1cccc(OC)c1. The topological polar surface area (TPSA) is 33.0 Å². The van der Waals surface area contributed by atoms with E-state index in [0.717, 1.165) is 12.2 Å². The number of rotatable bonds is 14. The Balaban J connectivity index is 2.19. The standard InChI is InChI=1S/C22H35NO/c1-3-4-5-6-7-8-9-10-11-12-14-20(17-18-23)21-15-13-16-22(19-21)24-2/h13,15-16,19-20H,3-12,14,17H2,1-2H3. The fraction of sp³-hybridized carbons (Fsp3) is 0.682. The van der Waals surface area contributed by atoms with Crippen molar-refractivity contribution < 1.29 is 4.74 Å². The summed E-state index contributed by atoms with van der Waals surface area (Å²) in [5.41, 5.74) is 1.24. The van der Waals surface area contributed by atoms with E-state index in [9.17, 15) is 0 Å². The molecule has 1 unspecified atom stereocenters. The Morgan fingerprint density at radius 3 is 2.17 bits per heavy atom. The minimum absolute atomic E-state index is 0.346. The van der Waals surface area contributed by atoms with Crippen LogP contribution >= 0.6 is 0 Å². The van der Waals surface area contributed by atoms with Crippen LogP contribution in [0.4, 0.5) is 0 Å². The molecule has 134 valence electrons. The predicted molar refractivity (Wildman–Crippen MR) is 102 cm³/mol. The summed E-state index contributed by atoms with van der Waals surface area (Å²) >= 11 is 0. The van der Waals surface area contributed by atoms with Gasteiger partial charge in [-0.15, -0.1) is 0 Å². The highest BCUT2D eigenvalue weighted by molar-refractivity contribution is 5.31. The van der Waals surface area contributed by atoms with Gasteiger partial charge >= 0.3 is 0 Å². The van der Waals surface area contributed by atoms with Crippen molar-refractivity contribution >= 4 is 0 Å². The summed E-state index contributed by atoms with van der Waals surface area (Å²) in [6, 6.07) is 10.5. The molecule has 0 fully saturated rings. The zero-order chi connectivity index (χ0) is 17.5. The third-order valence-electron chi connectivity index (χ3n) is 4.81. The monoisotopic (exact) mass is 329 g/mol. The Morgan fingerprint density at radius 1 is 0.958 bits per heavy atom. The number of nitrogens with zero attached hydrogens (tertiary/aromatic N) is 1. The first-order chi connectivity index (χ1) is 11.8. The number of methoxy groups -OCH3 is 1. The molecule has 1 aromatic carbocycles. The largest absolute Gasteiger partial charge is 0.497 e. The Labute approximate surface area is 149 Å². The molecule has 1 rings (SSSR count). The van der Waals surface area contributed by atoms with E-state index in [4.69, 9.17) is 10.00 Å². The van der Waals surface area contributed by atoms with Gasteiger partial charge in [-0.25, -0.2) is 0 Å². The van der Waals surface area contributed by atoms with Crippen molar-refractivity contribution in [1.82, 2.24) is 0 Å². The highest BCUT2D eigenvalue weighted by atomic mass is 16.5. The fourth-order valence-corrected chi connectivity index (χ4v) is 3.27. The van der Waals surface area contributed by atoms with Crippen molar-refractivity contribution in [1.29, 1.82) is 5.26 Å². The van der Waals surface area contributed by atoms with Gasteiger partial charge in [0.2, 0.25) is 0 Å². The van der Waals surface area contributed by atoms with Gasteiger partial charge in [-0.3, -0.25) is 0 Å². The molecule has 0 spiro atoms. The number of hydrogen-bond acceptors (Lipinski definition) is 2. The quantitative estimate of drug-likeness (QED) is 0.344. The van der Waals surface area contributed by atoms with Crippen LogP contribution in [0.2, 0.25) is 0 Å². The molecule has 0 saturated carbocycles. The van der Waals surface area contributed by atoms with Gasteiger partial charge in [0.1, 0.15) is 5.75 Å². The van der Waals surface area contributed by atoms with Gasteiger partial charge in [-0.05, 0) is 30.0 Å². The second-order valence-electron chi connectivity index (χ2n) is 6.81. The first-order valence-electron chi connectivity index (χ1n) is 9.82. The van der Waals surface area contributed by atoms with Crippen LogP contribution in [0.1, 0.15) is 95.5 Å². The molecule has 0 bridgehead atoms. The summed E-state index contributed by atoms with van der Waals surface area (Å²) in [5, 5.41) is 9.10. The van der Waals surface area contributed by atoms with Crippen molar-refractivity contribution in [2.75, 3.05) is 7.11 Å². The summed E-state index contributed by atoms with van der Waals surface area (Å²) in [4.78, 5) is 0. The molecular weight excluding hydrogens is 294 g/mol. The number of hydrogen-bond donors (Lipinski definition) is 0. The van der Waals surface area contributed by atoms with E-state index in [1.165, 1.54) is 69.8 Å². The zero-order valence-corrected chi connectivity index (χ0v) is 15.7. The van der Waals surface area contributed by atoms with Crippen LogP contribution in [0.5, 0.6) is 5.75 Å². The molecule has 0 aromatic heterocycles. The van der Waals surface area contributed by atoms with Crippen LogP contribution < -0.4 is 4.74 Å². The molecule has 0 aliphatic carbocycles. The number of nitriles is 1. The van der Waals surface area contributed by atoms with Gasteiger partial charge in [-0.2, -0.15) is 5.26 Å². The second-order valence-corrected chi connectivity index (χ2v) is 6.81. The van der Waals surface area contributed by atoms with Crippen LogP contribution in [0, 0.1) is 11.3 Å². The van der Waals surface area contributed by atoms with Crippen LogP contribution in [0.25, 0.3) is 0 Å². The fourth-order valence-electron chi connectivity index (χ4n) is 3.27. The summed E-state index contributed by atoms with van der Waals surface area (Å²) in [6.07, 6.45) is 15.3. The average molecular weight is 330 g/mol. The van der Waals surface area contributed by atoms with Crippen LogP contribution in [-0.2, 0) is 0 Å². The summed E-state index contributed by atoms with van der Waals surface area (Å²) in [5.74, 6) is 1.23. The Kier molecular flexibility index (Phi) is 11.9. The molecule has 2 heteroatoms. The lowest BCUT2D eigenvalue weighted by atomic mass is 9.90. The van der Waals surface area contributed by atoms with Gasteiger partial charge < -0.3 is 4.74 Å². The Morgan fingerprint density at radius 2 is 1.58 bits per heavy atom. The lowest BCUT2D eigenvalue weighted by Crippen LogP contribution is -1.99. The maximum Gasteiger partial charge on any atom is 0.119 e. The molecule has 0 amide bonds. The normalized spacial score (nSPS) is 11.9. The smallest absolute Gasteiger partial charge is 0.119 e. The first kappa shape index (κ1) is 20.6. The Bertz CT molecular complexity index is 463. The van der Waals surface area contributed by atoms with Crippen molar-refractivity contribution in [3.8, 4) is 11.8 Å². The van der Waals surface area contributed by atoms with Gasteiger partial charge in [0.05, 0.1) is 13.2 Å². The zero-order valence-electron chi connectivity index (χ0n) is 15.7. The van der Waals surface area contributed by atoms with E-state index in [-0.39, 0.29) is 0 Å². The van der Waals surface area contributed by atoms with E-state index in [2.05, 4.69) is 25.1 Å². The van der Waals surface area contributed by atoms with E-state index >= 15 is 0 Å². The molecule has 0 radical (unpaired) electrons. The lowest BCUT2D eigenvalue weighted by molar-refractivity contribution is 0.413. The van der Waals surface area contributed by atoms with Crippen molar-refractivity contribution in [2.45, 2.75) is 89.9 Å². The number of unbranched alkanes of at least 4 members (excludes halogenated alkanes) is 9. The molecule has 24 heavy (non-hydrogen) atoms. The van der Waals surface area contributed by atoms with Crippen molar-refractivity contribution in [3.63, 3.8) is 0 Å². The van der Waals surface area contributed by atoms with Crippen LogP contribution in [0.15, 0.2) is 24.3 Å². The van der Waals surface area contributed by atoms with E-state index in [1.54, 1.807) is 7.11 Å². The van der Waals surface area contributed by atoms with E-state index < -0.39 is 0 Å². The predicted octanol–water partition coefficient (Wildman–Crippen LogP) is 7.00. The molecule has 0 aliphatic rings. The van der Waals surface area contributed by atoms with E-state index in [1.807, 2.05) is 12.1 Å². The minimum Gasteiger partial charge on any atom is -0.497 e. The third kappa shape index (κ3) is 8.96.